The predicted octanol–water partition coefficient (Wildman–Crippen LogP) is 0.274. The fourth-order valence-corrected chi connectivity index (χ4v) is 2.89. The van der Waals surface area contributed by atoms with Crippen LogP contribution in [0.2, 0.25) is 0 Å². The number of aryl methyl sites for hydroxylation is 1. The molecule has 21 heavy (non-hydrogen) atoms. The molecule has 1 N–H and O–H groups in total. The molecule has 1 aliphatic heterocycles. The first-order chi connectivity index (χ1) is 10.0. The van der Waals surface area contributed by atoms with Gasteiger partial charge in [0.1, 0.15) is 5.82 Å². The number of hydrogen-bond acceptors (Lipinski definition) is 6. The number of hydrogen-bond donors (Lipinski definition) is 1. The minimum absolute atomic E-state index is 0.0309. The van der Waals surface area contributed by atoms with Gasteiger partial charge in [-0.15, -0.1) is 0 Å². The smallest absolute Gasteiger partial charge is 0.312 e. The first kappa shape index (κ1) is 15.7. The molecule has 2 heterocycles. The van der Waals surface area contributed by atoms with Gasteiger partial charge in [0.2, 0.25) is 5.13 Å². The monoisotopic (exact) mass is 311 g/mol. The van der Waals surface area contributed by atoms with Crippen molar-refractivity contribution < 1.29 is 9.59 Å². The van der Waals surface area contributed by atoms with E-state index in [2.05, 4.69) is 19.6 Å². The first-order valence-corrected chi connectivity index (χ1v) is 7.96. The molecular formula is C13H21N5O2S. The van der Waals surface area contributed by atoms with Gasteiger partial charge in [-0.3, -0.25) is 9.59 Å². The van der Waals surface area contributed by atoms with Crippen molar-refractivity contribution in [2.75, 3.05) is 31.1 Å². The minimum Gasteiger partial charge on any atom is -0.346 e. The van der Waals surface area contributed by atoms with Crippen molar-refractivity contribution in [3.05, 3.63) is 5.82 Å². The summed E-state index contributed by atoms with van der Waals surface area (Å²) in [5.74, 6) is -0.123. The van der Waals surface area contributed by atoms with Gasteiger partial charge in [0.05, 0.1) is 0 Å². The van der Waals surface area contributed by atoms with Crippen molar-refractivity contribution in [3.63, 3.8) is 0 Å². The summed E-state index contributed by atoms with van der Waals surface area (Å²) in [6.07, 6.45) is 0.824. The second-order valence-corrected chi connectivity index (χ2v) is 5.98. The van der Waals surface area contributed by atoms with Crippen molar-refractivity contribution in [2.24, 2.45) is 0 Å². The van der Waals surface area contributed by atoms with E-state index >= 15 is 0 Å². The second kappa shape index (κ2) is 6.84. The van der Waals surface area contributed by atoms with E-state index in [0.29, 0.717) is 26.2 Å². The second-order valence-electron chi connectivity index (χ2n) is 5.25. The Morgan fingerprint density at radius 2 is 1.95 bits per heavy atom. The molecule has 2 amide bonds. The Morgan fingerprint density at radius 1 is 1.29 bits per heavy atom. The lowest BCUT2D eigenvalue weighted by Gasteiger charge is -2.34. The number of nitrogens with zero attached hydrogens (tertiary/aromatic N) is 4. The largest absolute Gasteiger partial charge is 0.346 e. The summed E-state index contributed by atoms with van der Waals surface area (Å²) in [6.45, 7) is 8.12. The van der Waals surface area contributed by atoms with Crippen molar-refractivity contribution in [2.45, 2.75) is 33.2 Å². The number of amides is 2. The molecule has 0 unspecified atom stereocenters. The van der Waals surface area contributed by atoms with E-state index in [1.807, 2.05) is 20.8 Å². The number of piperazine rings is 1. The summed E-state index contributed by atoms with van der Waals surface area (Å²) in [4.78, 5) is 31.9. The van der Waals surface area contributed by atoms with Gasteiger partial charge in [0.15, 0.2) is 0 Å². The van der Waals surface area contributed by atoms with Gasteiger partial charge >= 0.3 is 11.8 Å². The molecule has 1 fully saturated rings. The zero-order chi connectivity index (χ0) is 15.4. The highest BCUT2D eigenvalue weighted by atomic mass is 32.1. The molecule has 1 aromatic heterocycles. The molecule has 2 rings (SSSR count). The zero-order valence-electron chi connectivity index (χ0n) is 12.6. The van der Waals surface area contributed by atoms with Crippen LogP contribution in [0.3, 0.4) is 0 Å². The highest BCUT2D eigenvalue weighted by Crippen LogP contribution is 2.19. The molecule has 0 radical (unpaired) electrons. The summed E-state index contributed by atoms with van der Waals surface area (Å²) in [5.41, 5.74) is 0. The number of rotatable bonds is 3. The molecule has 0 atom stereocenters. The van der Waals surface area contributed by atoms with Crippen LogP contribution in [0.25, 0.3) is 0 Å². The lowest BCUT2D eigenvalue weighted by Crippen LogP contribution is -2.53. The van der Waals surface area contributed by atoms with Crippen LogP contribution in [0.5, 0.6) is 0 Å². The van der Waals surface area contributed by atoms with E-state index < -0.39 is 11.8 Å². The topological polar surface area (TPSA) is 78.4 Å². The van der Waals surface area contributed by atoms with Crippen LogP contribution in [0.4, 0.5) is 5.13 Å². The Kier molecular flexibility index (Phi) is 5.11. The van der Waals surface area contributed by atoms with Crippen LogP contribution in [-0.4, -0.2) is 58.3 Å². The van der Waals surface area contributed by atoms with Gasteiger partial charge in [-0.25, -0.2) is 4.98 Å². The van der Waals surface area contributed by atoms with Crippen LogP contribution in [0.15, 0.2) is 0 Å². The van der Waals surface area contributed by atoms with Crippen molar-refractivity contribution >= 4 is 28.5 Å². The maximum atomic E-state index is 12.0. The summed E-state index contributed by atoms with van der Waals surface area (Å²) < 4.78 is 4.27. The fraction of sp³-hybridized carbons (Fsp3) is 0.692. The van der Waals surface area contributed by atoms with Crippen molar-refractivity contribution in [1.82, 2.24) is 19.6 Å². The van der Waals surface area contributed by atoms with Gasteiger partial charge in [0, 0.05) is 50.2 Å². The highest BCUT2D eigenvalue weighted by Gasteiger charge is 2.27. The minimum atomic E-state index is -0.525. The third-order valence-corrected chi connectivity index (χ3v) is 4.04. The number of carbonyl (C=O) groups excluding carboxylic acids is 2. The number of anilines is 1. The number of carbonyl (C=O) groups is 2. The summed E-state index contributed by atoms with van der Waals surface area (Å²) in [5, 5.41) is 3.52. The van der Waals surface area contributed by atoms with Crippen molar-refractivity contribution in [1.29, 1.82) is 0 Å². The normalized spacial score (nSPS) is 15.4. The Balaban J connectivity index is 1.88. The van der Waals surface area contributed by atoms with Gasteiger partial charge in [0.25, 0.3) is 0 Å². The molecule has 1 aromatic rings. The van der Waals surface area contributed by atoms with Crippen LogP contribution >= 0.6 is 11.5 Å². The first-order valence-electron chi connectivity index (χ1n) is 7.18. The van der Waals surface area contributed by atoms with E-state index in [0.717, 1.165) is 17.4 Å². The van der Waals surface area contributed by atoms with E-state index in [1.165, 1.54) is 11.5 Å². The molecule has 116 valence electrons. The average Bonchev–Trinajstić information content (AvgIpc) is 2.95. The maximum Gasteiger partial charge on any atom is 0.312 e. The van der Waals surface area contributed by atoms with Gasteiger partial charge in [-0.05, 0) is 13.8 Å². The molecule has 1 aliphatic rings. The van der Waals surface area contributed by atoms with Gasteiger partial charge < -0.3 is 15.1 Å². The lowest BCUT2D eigenvalue weighted by atomic mass is 10.3. The lowest BCUT2D eigenvalue weighted by molar-refractivity contribution is -0.146. The van der Waals surface area contributed by atoms with Gasteiger partial charge in [-0.1, -0.05) is 6.92 Å². The number of nitrogens with one attached hydrogen (secondary N) is 1. The van der Waals surface area contributed by atoms with E-state index in [9.17, 15) is 9.59 Å². The molecule has 0 saturated carbocycles. The van der Waals surface area contributed by atoms with Crippen molar-refractivity contribution in [3.8, 4) is 0 Å². The summed E-state index contributed by atoms with van der Waals surface area (Å²) >= 11 is 1.39. The molecular weight excluding hydrogens is 290 g/mol. The zero-order valence-corrected chi connectivity index (χ0v) is 13.4. The fourth-order valence-electron chi connectivity index (χ4n) is 2.09. The summed E-state index contributed by atoms with van der Waals surface area (Å²) in [6, 6.07) is -0.0309. The van der Waals surface area contributed by atoms with Gasteiger partial charge in [-0.2, -0.15) is 4.37 Å². The molecule has 0 bridgehead atoms. The van der Waals surface area contributed by atoms with Crippen LogP contribution in [-0.2, 0) is 16.0 Å². The maximum absolute atomic E-state index is 12.0. The third kappa shape index (κ3) is 3.90. The van der Waals surface area contributed by atoms with E-state index in [-0.39, 0.29) is 6.04 Å². The van der Waals surface area contributed by atoms with E-state index in [1.54, 1.807) is 4.90 Å². The quantitative estimate of drug-likeness (QED) is 0.811. The van der Waals surface area contributed by atoms with Crippen LogP contribution < -0.4 is 10.2 Å². The Labute approximate surface area is 128 Å². The standard InChI is InChI=1S/C13H21N5O2S/c1-4-10-15-13(21-16-10)18-7-5-17(6-8-18)12(20)11(19)14-9(2)3/h9H,4-8H2,1-3H3,(H,14,19). The SMILES string of the molecule is CCc1nsc(N2CCN(C(=O)C(=O)NC(C)C)CC2)n1. The third-order valence-electron chi connectivity index (χ3n) is 3.23. The average molecular weight is 311 g/mol. The Bertz CT molecular complexity index is 508. The highest BCUT2D eigenvalue weighted by molar-refractivity contribution is 7.09. The Morgan fingerprint density at radius 3 is 2.48 bits per heavy atom. The molecule has 0 aromatic carbocycles. The molecule has 7 nitrogen and oxygen atoms in total. The number of aromatic nitrogens is 2. The Hall–Kier alpha value is -1.70. The van der Waals surface area contributed by atoms with Crippen LogP contribution in [0, 0.1) is 0 Å². The molecule has 8 heteroatoms. The molecule has 1 saturated heterocycles. The summed E-state index contributed by atoms with van der Waals surface area (Å²) in [7, 11) is 0. The van der Waals surface area contributed by atoms with E-state index in [4.69, 9.17) is 0 Å². The predicted molar refractivity (Wildman–Crippen MR) is 81.4 cm³/mol. The van der Waals surface area contributed by atoms with Crippen LogP contribution in [0.1, 0.15) is 26.6 Å². The molecule has 0 aliphatic carbocycles. The molecule has 0 spiro atoms.